The SMILES string of the molecule is Cc1nc(NCCc2ccc(O)cc2)ccc1N. The van der Waals surface area contributed by atoms with Gasteiger partial charge in [-0.25, -0.2) is 4.98 Å². The molecule has 0 radical (unpaired) electrons. The molecule has 1 aromatic heterocycles. The second-order valence-corrected chi connectivity index (χ2v) is 4.21. The number of nitrogens with zero attached hydrogens (tertiary/aromatic N) is 1. The number of hydrogen-bond donors (Lipinski definition) is 3. The molecule has 1 aromatic carbocycles. The summed E-state index contributed by atoms with van der Waals surface area (Å²) < 4.78 is 0. The van der Waals surface area contributed by atoms with Gasteiger partial charge in [0.05, 0.1) is 11.4 Å². The third-order valence-corrected chi connectivity index (χ3v) is 2.78. The van der Waals surface area contributed by atoms with Crippen LogP contribution in [0.4, 0.5) is 11.5 Å². The molecule has 2 rings (SSSR count). The molecule has 0 fully saturated rings. The smallest absolute Gasteiger partial charge is 0.126 e. The average molecular weight is 243 g/mol. The molecule has 0 spiro atoms. The number of aromatic nitrogens is 1. The first kappa shape index (κ1) is 12.2. The highest BCUT2D eigenvalue weighted by atomic mass is 16.3. The third-order valence-electron chi connectivity index (χ3n) is 2.78. The molecule has 1 heterocycles. The number of aryl methyl sites for hydroxylation is 1. The van der Waals surface area contributed by atoms with Crippen LogP contribution in [0.25, 0.3) is 0 Å². The van der Waals surface area contributed by atoms with Crippen LogP contribution in [0.2, 0.25) is 0 Å². The van der Waals surface area contributed by atoms with Crippen LogP contribution in [-0.2, 0) is 6.42 Å². The minimum absolute atomic E-state index is 0.294. The first-order valence-corrected chi connectivity index (χ1v) is 5.90. The second kappa shape index (κ2) is 5.40. The van der Waals surface area contributed by atoms with Gasteiger partial charge < -0.3 is 16.2 Å². The minimum atomic E-state index is 0.294. The average Bonchev–Trinajstić information content (AvgIpc) is 2.36. The highest BCUT2D eigenvalue weighted by Gasteiger charge is 1.98. The topological polar surface area (TPSA) is 71.2 Å². The molecule has 0 aliphatic carbocycles. The molecule has 0 saturated heterocycles. The van der Waals surface area contributed by atoms with Crippen LogP contribution in [0, 0.1) is 6.92 Å². The van der Waals surface area contributed by atoms with Crippen molar-refractivity contribution in [3.8, 4) is 5.75 Å². The number of anilines is 2. The largest absolute Gasteiger partial charge is 0.508 e. The van der Waals surface area contributed by atoms with Crippen molar-refractivity contribution >= 4 is 11.5 Å². The summed E-state index contributed by atoms with van der Waals surface area (Å²) in [5.41, 5.74) is 8.43. The van der Waals surface area contributed by atoms with Gasteiger partial charge in [0.2, 0.25) is 0 Å². The van der Waals surface area contributed by atoms with Crippen molar-refractivity contribution in [3.05, 3.63) is 47.7 Å². The highest BCUT2D eigenvalue weighted by Crippen LogP contribution is 2.13. The third kappa shape index (κ3) is 3.13. The van der Waals surface area contributed by atoms with Crippen molar-refractivity contribution in [1.82, 2.24) is 4.98 Å². The molecule has 0 atom stereocenters. The van der Waals surface area contributed by atoms with Crippen LogP contribution in [0.15, 0.2) is 36.4 Å². The summed E-state index contributed by atoms with van der Waals surface area (Å²) in [6, 6.07) is 10.9. The van der Waals surface area contributed by atoms with Crippen molar-refractivity contribution in [1.29, 1.82) is 0 Å². The molecular formula is C14H17N3O. The molecule has 0 unspecified atom stereocenters. The fraction of sp³-hybridized carbons (Fsp3) is 0.214. The van der Waals surface area contributed by atoms with Crippen LogP contribution in [0.5, 0.6) is 5.75 Å². The zero-order valence-electron chi connectivity index (χ0n) is 10.4. The molecular weight excluding hydrogens is 226 g/mol. The van der Waals surface area contributed by atoms with Gasteiger partial charge in [-0.05, 0) is 43.2 Å². The minimum Gasteiger partial charge on any atom is -0.508 e. The number of nitrogens with two attached hydrogens (primary N) is 1. The van der Waals surface area contributed by atoms with E-state index in [1.165, 1.54) is 5.56 Å². The number of phenolic OH excluding ortho intramolecular Hbond substituents is 1. The van der Waals surface area contributed by atoms with E-state index in [-0.39, 0.29) is 0 Å². The fourth-order valence-electron chi connectivity index (χ4n) is 1.67. The van der Waals surface area contributed by atoms with E-state index >= 15 is 0 Å². The Morgan fingerprint density at radius 3 is 2.56 bits per heavy atom. The number of hydrogen-bond acceptors (Lipinski definition) is 4. The monoisotopic (exact) mass is 243 g/mol. The Hall–Kier alpha value is -2.23. The Bertz CT molecular complexity index is 523. The zero-order chi connectivity index (χ0) is 13.0. The normalized spacial score (nSPS) is 10.3. The van der Waals surface area contributed by atoms with E-state index in [0.717, 1.165) is 24.5 Å². The van der Waals surface area contributed by atoms with E-state index in [0.29, 0.717) is 11.4 Å². The maximum Gasteiger partial charge on any atom is 0.126 e. The Kier molecular flexibility index (Phi) is 3.67. The lowest BCUT2D eigenvalue weighted by molar-refractivity contribution is 0.475. The Balaban J connectivity index is 1.88. The van der Waals surface area contributed by atoms with Crippen LogP contribution in [0.1, 0.15) is 11.3 Å². The van der Waals surface area contributed by atoms with Crippen molar-refractivity contribution in [2.75, 3.05) is 17.6 Å². The fourth-order valence-corrected chi connectivity index (χ4v) is 1.67. The number of phenols is 1. The highest BCUT2D eigenvalue weighted by molar-refractivity contribution is 5.49. The number of rotatable bonds is 4. The van der Waals surface area contributed by atoms with Gasteiger partial charge in [0.15, 0.2) is 0 Å². The zero-order valence-corrected chi connectivity index (χ0v) is 10.4. The molecule has 0 bridgehead atoms. The van der Waals surface area contributed by atoms with Gasteiger partial charge in [-0.1, -0.05) is 12.1 Å². The van der Waals surface area contributed by atoms with E-state index in [2.05, 4.69) is 10.3 Å². The molecule has 0 aliphatic heterocycles. The molecule has 0 aliphatic rings. The van der Waals surface area contributed by atoms with Crippen LogP contribution in [0.3, 0.4) is 0 Å². The number of pyridine rings is 1. The van der Waals surface area contributed by atoms with Gasteiger partial charge in [0.25, 0.3) is 0 Å². The van der Waals surface area contributed by atoms with E-state index in [9.17, 15) is 5.11 Å². The van der Waals surface area contributed by atoms with Crippen LogP contribution in [-0.4, -0.2) is 16.6 Å². The van der Waals surface area contributed by atoms with Crippen molar-refractivity contribution in [2.24, 2.45) is 0 Å². The van der Waals surface area contributed by atoms with Crippen LogP contribution >= 0.6 is 0 Å². The summed E-state index contributed by atoms with van der Waals surface area (Å²) in [6.45, 7) is 2.68. The number of nitrogen functional groups attached to an aromatic ring is 1. The maximum atomic E-state index is 9.18. The van der Waals surface area contributed by atoms with Gasteiger partial charge in [-0.2, -0.15) is 0 Å². The van der Waals surface area contributed by atoms with E-state index < -0.39 is 0 Å². The Morgan fingerprint density at radius 1 is 1.17 bits per heavy atom. The van der Waals surface area contributed by atoms with Crippen molar-refractivity contribution in [3.63, 3.8) is 0 Å². The van der Waals surface area contributed by atoms with E-state index in [1.54, 1.807) is 12.1 Å². The molecule has 0 saturated carbocycles. The molecule has 4 heteroatoms. The Labute approximate surface area is 106 Å². The molecule has 4 nitrogen and oxygen atoms in total. The molecule has 0 amide bonds. The van der Waals surface area contributed by atoms with Gasteiger partial charge in [-0.15, -0.1) is 0 Å². The van der Waals surface area contributed by atoms with Gasteiger partial charge in [0.1, 0.15) is 11.6 Å². The van der Waals surface area contributed by atoms with Gasteiger partial charge in [0, 0.05) is 6.54 Å². The summed E-state index contributed by atoms with van der Waals surface area (Å²) in [4.78, 5) is 4.34. The van der Waals surface area contributed by atoms with Crippen molar-refractivity contribution < 1.29 is 5.11 Å². The van der Waals surface area contributed by atoms with Gasteiger partial charge >= 0.3 is 0 Å². The first-order valence-electron chi connectivity index (χ1n) is 5.90. The molecule has 94 valence electrons. The lowest BCUT2D eigenvalue weighted by atomic mass is 10.1. The van der Waals surface area contributed by atoms with Gasteiger partial charge in [-0.3, -0.25) is 0 Å². The number of nitrogens with one attached hydrogen (secondary N) is 1. The predicted octanol–water partition coefficient (Wildman–Crippen LogP) is 2.33. The number of benzene rings is 1. The summed E-state index contributed by atoms with van der Waals surface area (Å²) in [5, 5.41) is 12.4. The number of aromatic hydroxyl groups is 1. The first-order chi connectivity index (χ1) is 8.65. The molecule has 4 N–H and O–H groups in total. The second-order valence-electron chi connectivity index (χ2n) is 4.21. The van der Waals surface area contributed by atoms with Crippen molar-refractivity contribution in [2.45, 2.75) is 13.3 Å². The molecule has 2 aromatic rings. The maximum absolute atomic E-state index is 9.18. The lowest BCUT2D eigenvalue weighted by Crippen LogP contribution is -2.07. The summed E-state index contributed by atoms with van der Waals surface area (Å²) >= 11 is 0. The summed E-state index contributed by atoms with van der Waals surface area (Å²) in [7, 11) is 0. The summed E-state index contributed by atoms with van der Waals surface area (Å²) in [5.74, 6) is 1.13. The Morgan fingerprint density at radius 2 is 1.89 bits per heavy atom. The standard InChI is InChI=1S/C14H17N3O/c1-10-13(15)6-7-14(17-10)16-9-8-11-2-4-12(18)5-3-11/h2-7,18H,8-9,15H2,1H3,(H,16,17). The van der Waals surface area contributed by atoms with E-state index in [1.807, 2.05) is 31.2 Å². The predicted molar refractivity (Wildman–Crippen MR) is 73.7 cm³/mol. The summed E-state index contributed by atoms with van der Waals surface area (Å²) in [6.07, 6.45) is 0.880. The lowest BCUT2D eigenvalue weighted by Gasteiger charge is -2.07. The quantitative estimate of drug-likeness (QED) is 0.770. The molecule has 18 heavy (non-hydrogen) atoms. The van der Waals surface area contributed by atoms with Crippen LogP contribution < -0.4 is 11.1 Å². The van der Waals surface area contributed by atoms with E-state index in [4.69, 9.17) is 5.73 Å².